The summed E-state index contributed by atoms with van der Waals surface area (Å²) in [5.74, 6) is 0.757. The number of nitrogens with zero attached hydrogens (tertiary/aromatic N) is 3. The Hall–Kier alpha value is -1.81. The van der Waals surface area contributed by atoms with Gasteiger partial charge in [0.05, 0.1) is 0 Å². The molecule has 0 atom stereocenters. The first-order valence-corrected chi connectivity index (χ1v) is 6.66. The summed E-state index contributed by atoms with van der Waals surface area (Å²) in [6, 6.07) is 4.02. The van der Waals surface area contributed by atoms with Crippen LogP contribution in [0.2, 0.25) is 0 Å². The van der Waals surface area contributed by atoms with Crippen LogP contribution in [0.4, 0.5) is 0 Å². The molecule has 1 N–H and O–H groups in total. The first-order chi connectivity index (χ1) is 9.19. The van der Waals surface area contributed by atoms with Gasteiger partial charge in [-0.25, -0.2) is 9.97 Å². The Morgan fingerprint density at radius 1 is 1.05 bits per heavy atom. The van der Waals surface area contributed by atoms with E-state index in [9.17, 15) is 0 Å². The highest BCUT2D eigenvalue weighted by molar-refractivity contribution is 5.55. The molecule has 2 aromatic rings. The van der Waals surface area contributed by atoms with Gasteiger partial charge in [-0.05, 0) is 38.9 Å². The molecule has 4 nitrogen and oxygen atoms in total. The van der Waals surface area contributed by atoms with Crippen molar-refractivity contribution in [2.75, 3.05) is 6.54 Å². The minimum Gasteiger partial charge on any atom is -0.313 e. The van der Waals surface area contributed by atoms with Gasteiger partial charge in [-0.15, -0.1) is 0 Å². The van der Waals surface area contributed by atoms with Crippen LogP contribution in [0.3, 0.4) is 0 Å². The molecule has 4 heteroatoms. The highest BCUT2D eigenvalue weighted by atomic mass is 14.9. The Morgan fingerprint density at radius 3 is 2.26 bits per heavy atom. The molecule has 2 aromatic heterocycles. The lowest BCUT2D eigenvalue weighted by atomic mass is 10.2. The average Bonchev–Trinajstić information content (AvgIpc) is 2.39. The lowest BCUT2D eigenvalue weighted by Gasteiger charge is -2.05. The third kappa shape index (κ3) is 3.83. The molecule has 0 amide bonds. The Kier molecular flexibility index (Phi) is 4.58. The van der Waals surface area contributed by atoms with Gasteiger partial charge in [-0.3, -0.25) is 4.98 Å². The number of hydrogen-bond donors (Lipinski definition) is 1. The molecular formula is C15H20N4. The fourth-order valence-electron chi connectivity index (χ4n) is 1.97. The summed E-state index contributed by atoms with van der Waals surface area (Å²) in [4.78, 5) is 13.2. The van der Waals surface area contributed by atoms with Crippen molar-refractivity contribution < 1.29 is 0 Å². The quantitative estimate of drug-likeness (QED) is 0.836. The molecule has 19 heavy (non-hydrogen) atoms. The van der Waals surface area contributed by atoms with Crippen LogP contribution in [-0.4, -0.2) is 21.5 Å². The van der Waals surface area contributed by atoms with Gasteiger partial charge in [0, 0.05) is 41.5 Å². The maximum Gasteiger partial charge on any atom is 0.159 e. The van der Waals surface area contributed by atoms with Gasteiger partial charge < -0.3 is 5.32 Å². The molecule has 0 saturated carbocycles. The van der Waals surface area contributed by atoms with Crippen LogP contribution in [0.15, 0.2) is 24.5 Å². The molecule has 100 valence electrons. The number of aromatic nitrogens is 3. The van der Waals surface area contributed by atoms with E-state index in [1.807, 2.05) is 38.4 Å². The molecule has 0 aliphatic rings. The lowest BCUT2D eigenvalue weighted by Crippen LogP contribution is -2.14. The summed E-state index contributed by atoms with van der Waals surface area (Å²) in [7, 11) is 0. The van der Waals surface area contributed by atoms with E-state index in [-0.39, 0.29) is 0 Å². The number of hydrogen-bond acceptors (Lipinski definition) is 4. The van der Waals surface area contributed by atoms with E-state index in [0.29, 0.717) is 0 Å². The first kappa shape index (κ1) is 13.6. The maximum atomic E-state index is 4.43. The largest absolute Gasteiger partial charge is 0.313 e. The molecule has 0 unspecified atom stereocenters. The Bertz CT molecular complexity index is 514. The highest BCUT2D eigenvalue weighted by Crippen LogP contribution is 2.16. The number of rotatable bonds is 5. The molecule has 0 aliphatic carbocycles. The van der Waals surface area contributed by atoms with Gasteiger partial charge in [0.1, 0.15) is 0 Å². The number of aryl methyl sites for hydroxylation is 2. The monoisotopic (exact) mass is 256 g/mol. The summed E-state index contributed by atoms with van der Waals surface area (Å²) in [6.45, 7) is 7.97. The SMILES string of the molecule is CCCNCc1cnc(-c2cc(C)nc(C)c2)nc1. The number of nitrogens with one attached hydrogen (secondary N) is 1. The third-order valence-electron chi connectivity index (χ3n) is 2.80. The Morgan fingerprint density at radius 2 is 1.68 bits per heavy atom. The summed E-state index contributed by atoms with van der Waals surface area (Å²) < 4.78 is 0. The molecule has 0 saturated heterocycles. The molecule has 0 aromatic carbocycles. The maximum absolute atomic E-state index is 4.43. The summed E-state index contributed by atoms with van der Waals surface area (Å²) in [5, 5.41) is 3.34. The molecule has 0 radical (unpaired) electrons. The van der Waals surface area contributed by atoms with E-state index in [2.05, 4.69) is 27.2 Å². The molecular weight excluding hydrogens is 236 g/mol. The van der Waals surface area contributed by atoms with E-state index in [1.165, 1.54) is 0 Å². The Labute approximate surface area is 114 Å². The van der Waals surface area contributed by atoms with Crippen molar-refractivity contribution in [2.24, 2.45) is 0 Å². The fourth-order valence-corrected chi connectivity index (χ4v) is 1.97. The van der Waals surface area contributed by atoms with Crippen LogP contribution in [0.5, 0.6) is 0 Å². The fraction of sp³-hybridized carbons (Fsp3) is 0.400. The van der Waals surface area contributed by atoms with Crippen molar-refractivity contribution in [2.45, 2.75) is 33.7 Å². The van der Waals surface area contributed by atoms with Crippen molar-refractivity contribution in [1.82, 2.24) is 20.3 Å². The van der Waals surface area contributed by atoms with E-state index in [1.54, 1.807) is 0 Å². The van der Waals surface area contributed by atoms with E-state index in [0.717, 1.165) is 47.8 Å². The van der Waals surface area contributed by atoms with Crippen LogP contribution in [-0.2, 0) is 6.54 Å². The molecule has 0 bridgehead atoms. The van der Waals surface area contributed by atoms with Crippen molar-refractivity contribution in [3.05, 3.63) is 41.5 Å². The predicted octanol–water partition coefficient (Wildman–Crippen LogP) is 2.66. The standard InChI is InChI=1S/C15H20N4/c1-4-5-16-8-13-9-17-15(18-10-13)14-6-11(2)19-12(3)7-14/h6-7,9-10,16H,4-5,8H2,1-3H3. The van der Waals surface area contributed by atoms with Gasteiger partial charge in [0.15, 0.2) is 5.82 Å². The van der Waals surface area contributed by atoms with Crippen LogP contribution in [0.25, 0.3) is 11.4 Å². The van der Waals surface area contributed by atoms with Crippen LogP contribution >= 0.6 is 0 Å². The summed E-state index contributed by atoms with van der Waals surface area (Å²) >= 11 is 0. The van der Waals surface area contributed by atoms with Gasteiger partial charge >= 0.3 is 0 Å². The van der Waals surface area contributed by atoms with E-state index in [4.69, 9.17) is 0 Å². The topological polar surface area (TPSA) is 50.7 Å². The molecule has 0 fully saturated rings. The van der Waals surface area contributed by atoms with Crippen molar-refractivity contribution in [3.63, 3.8) is 0 Å². The molecule has 2 heterocycles. The lowest BCUT2D eigenvalue weighted by molar-refractivity contribution is 0.672. The van der Waals surface area contributed by atoms with Gasteiger partial charge in [-0.1, -0.05) is 6.92 Å². The molecule has 0 spiro atoms. The number of pyridine rings is 1. The van der Waals surface area contributed by atoms with Crippen LogP contribution in [0, 0.1) is 13.8 Å². The zero-order chi connectivity index (χ0) is 13.7. The highest BCUT2D eigenvalue weighted by Gasteiger charge is 2.03. The summed E-state index contributed by atoms with van der Waals surface area (Å²) in [6.07, 6.45) is 4.90. The minimum atomic E-state index is 0.757. The second-order valence-corrected chi connectivity index (χ2v) is 4.73. The third-order valence-corrected chi connectivity index (χ3v) is 2.80. The summed E-state index contributed by atoms with van der Waals surface area (Å²) in [5.41, 5.74) is 4.12. The molecule has 2 rings (SSSR count). The zero-order valence-corrected chi connectivity index (χ0v) is 11.8. The average molecular weight is 256 g/mol. The van der Waals surface area contributed by atoms with Crippen molar-refractivity contribution >= 4 is 0 Å². The van der Waals surface area contributed by atoms with Crippen molar-refractivity contribution in [3.8, 4) is 11.4 Å². The van der Waals surface area contributed by atoms with E-state index < -0.39 is 0 Å². The van der Waals surface area contributed by atoms with Gasteiger partial charge in [0.2, 0.25) is 0 Å². The van der Waals surface area contributed by atoms with Gasteiger partial charge in [0.25, 0.3) is 0 Å². The predicted molar refractivity (Wildman–Crippen MR) is 76.7 cm³/mol. The zero-order valence-electron chi connectivity index (χ0n) is 11.8. The van der Waals surface area contributed by atoms with Crippen LogP contribution in [0.1, 0.15) is 30.3 Å². The second kappa shape index (κ2) is 6.38. The van der Waals surface area contributed by atoms with Crippen molar-refractivity contribution in [1.29, 1.82) is 0 Å². The van der Waals surface area contributed by atoms with E-state index >= 15 is 0 Å². The van der Waals surface area contributed by atoms with Crippen LogP contribution < -0.4 is 5.32 Å². The minimum absolute atomic E-state index is 0.757. The Balaban J connectivity index is 2.13. The molecule has 0 aliphatic heterocycles. The smallest absolute Gasteiger partial charge is 0.159 e. The first-order valence-electron chi connectivity index (χ1n) is 6.66. The second-order valence-electron chi connectivity index (χ2n) is 4.73. The van der Waals surface area contributed by atoms with Gasteiger partial charge in [-0.2, -0.15) is 0 Å². The normalized spacial score (nSPS) is 10.7.